The van der Waals surface area contributed by atoms with E-state index < -0.39 is 0 Å². The van der Waals surface area contributed by atoms with Gasteiger partial charge in [-0.1, -0.05) is 30.3 Å². The summed E-state index contributed by atoms with van der Waals surface area (Å²) in [6.07, 6.45) is 3.83. The Hall–Kier alpha value is -2.67. The Kier molecular flexibility index (Phi) is 4.94. The van der Waals surface area contributed by atoms with E-state index in [-0.39, 0.29) is 10.6 Å². The Balaban J connectivity index is 1.48. The minimum absolute atomic E-state index is 0.0912. The third kappa shape index (κ3) is 3.73. The molecule has 27 heavy (non-hydrogen) atoms. The second kappa shape index (κ2) is 7.52. The number of halogens is 1. The van der Waals surface area contributed by atoms with Crippen molar-refractivity contribution in [1.82, 2.24) is 9.55 Å². The van der Waals surface area contributed by atoms with Crippen molar-refractivity contribution in [2.45, 2.75) is 25.9 Å². The average molecular weight is 427 g/mol. The Labute approximate surface area is 165 Å². The molecule has 0 aliphatic carbocycles. The number of nitrogens with zero attached hydrogens (tertiary/aromatic N) is 4. The molecular formula is C20H19BrN4O2. The summed E-state index contributed by atoms with van der Waals surface area (Å²) in [5.74, 6) is 0. The van der Waals surface area contributed by atoms with Crippen LogP contribution in [0.2, 0.25) is 0 Å². The van der Waals surface area contributed by atoms with Gasteiger partial charge in [0.05, 0.1) is 29.2 Å². The second-order valence-electron chi connectivity index (χ2n) is 6.63. The van der Waals surface area contributed by atoms with E-state index in [9.17, 15) is 10.1 Å². The summed E-state index contributed by atoms with van der Waals surface area (Å²) >= 11 is 3.48. The van der Waals surface area contributed by atoms with E-state index in [4.69, 9.17) is 0 Å². The number of aryl methyl sites for hydroxylation is 2. The van der Waals surface area contributed by atoms with Crippen LogP contribution in [0.5, 0.6) is 0 Å². The molecule has 0 radical (unpaired) electrons. The highest BCUT2D eigenvalue weighted by molar-refractivity contribution is 9.10. The molecule has 2 aromatic carbocycles. The first-order valence-corrected chi connectivity index (χ1v) is 9.67. The minimum Gasteiger partial charge on any atom is -0.364 e. The van der Waals surface area contributed by atoms with Crippen LogP contribution in [0.3, 0.4) is 0 Å². The van der Waals surface area contributed by atoms with Crippen LogP contribution in [-0.4, -0.2) is 21.0 Å². The van der Waals surface area contributed by atoms with E-state index in [1.807, 2.05) is 12.4 Å². The van der Waals surface area contributed by atoms with Crippen LogP contribution in [0.15, 0.2) is 59.3 Å². The number of non-ortho nitro benzene ring substituents is 1. The van der Waals surface area contributed by atoms with Crippen molar-refractivity contribution >= 4 is 27.3 Å². The molecule has 1 aliphatic rings. The molecule has 1 aromatic heterocycles. The van der Waals surface area contributed by atoms with E-state index in [1.165, 1.54) is 11.3 Å². The molecule has 6 nitrogen and oxygen atoms in total. The smallest absolute Gasteiger partial charge is 0.270 e. The highest BCUT2D eigenvalue weighted by Gasteiger charge is 2.23. The number of aromatic nitrogens is 2. The molecule has 0 unspecified atom stereocenters. The second-order valence-corrected chi connectivity index (χ2v) is 7.49. The van der Waals surface area contributed by atoms with Gasteiger partial charge in [-0.2, -0.15) is 0 Å². The van der Waals surface area contributed by atoms with Gasteiger partial charge < -0.3 is 9.47 Å². The van der Waals surface area contributed by atoms with Gasteiger partial charge in [-0.25, -0.2) is 4.98 Å². The van der Waals surface area contributed by atoms with Gasteiger partial charge in [0.15, 0.2) is 0 Å². The van der Waals surface area contributed by atoms with E-state index in [0.717, 1.165) is 41.8 Å². The first-order valence-electron chi connectivity index (χ1n) is 8.87. The fraction of sp³-hybridized carbons (Fsp3) is 0.250. The summed E-state index contributed by atoms with van der Waals surface area (Å²) in [4.78, 5) is 17.4. The lowest BCUT2D eigenvalue weighted by molar-refractivity contribution is -0.384. The standard InChI is InChI=1S/C20H19BrN4O2/c21-17-12-16(25(26)27)6-7-19(17)23-11-9-20-18(13-23)22-14-24(20)10-8-15-4-2-1-3-5-15/h1-7,12,14H,8-11,13H2. The highest BCUT2D eigenvalue weighted by Crippen LogP contribution is 2.33. The summed E-state index contributed by atoms with van der Waals surface area (Å²) in [6.45, 7) is 2.50. The molecule has 138 valence electrons. The fourth-order valence-electron chi connectivity index (χ4n) is 3.53. The zero-order valence-corrected chi connectivity index (χ0v) is 16.3. The predicted molar refractivity (Wildman–Crippen MR) is 108 cm³/mol. The fourth-order valence-corrected chi connectivity index (χ4v) is 4.15. The van der Waals surface area contributed by atoms with Crippen LogP contribution < -0.4 is 4.90 Å². The van der Waals surface area contributed by atoms with E-state index in [1.54, 1.807) is 18.2 Å². The molecule has 3 aromatic rings. The van der Waals surface area contributed by atoms with Crippen molar-refractivity contribution in [3.8, 4) is 0 Å². The first kappa shape index (κ1) is 17.7. The van der Waals surface area contributed by atoms with Crippen molar-refractivity contribution in [3.05, 3.63) is 86.4 Å². The quantitative estimate of drug-likeness (QED) is 0.449. The number of hydrogen-bond acceptors (Lipinski definition) is 4. The van der Waals surface area contributed by atoms with Gasteiger partial charge in [0.2, 0.25) is 0 Å². The predicted octanol–water partition coefficient (Wildman–Crippen LogP) is 4.36. The topological polar surface area (TPSA) is 64.2 Å². The first-order chi connectivity index (χ1) is 13.1. The molecule has 7 heteroatoms. The van der Waals surface area contributed by atoms with Crippen molar-refractivity contribution in [3.63, 3.8) is 0 Å². The lowest BCUT2D eigenvalue weighted by Gasteiger charge is -2.29. The van der Waals surface area contributed by atoms with Crippen molar-refractivity contribution < 1.29 is 4.92 Å². The minimum atomic E-state index is -0.378. The van der Waals surface area contributed by atoms with Crippen molar-refractivity contribution in [2.24, 2.45) is 0 Å². The van der Waals surface area contributed by atoms with Gasteiger partial charge in [-0.15, -0.1) is 0 Å². The molecule has 0 spiro atoms. The van der Waals surface area contributed by atoms with Crippen LogP contribution in [0.25, 0.3) is 0 Å². The van der Waals surface area contributed by atoms with Crippen LogP contribution in [0.1, 0.15) is 17.0 Å². The SMILES string of the molecule is O=[N+]([O-])c1ccc(N2CCc3c(ncn3CCc3ccccc3)C2)c(Br)c1. The maximum absolute atomic E-state index is 10.9. The van der Waals surface area contributed by atoms with Gasteiger partial charge in [-0.05, 0) is 34.0 Å². The van der Waals surface area contributed by atoms with Gasteiger partial charge in [0.25, 0.3) is 5.69 Å². The Morgan fingerprint density at radius 1 is 1.19 bits per heavy atom. The third-order valence-corrected chi connectivity index (χ3v) is 5.59. The van der Waals surface area contributed by atoms with Gasteiger partial charge in [0.1, 0.15) is 0 Å². The molecular weight excluding hydrogens is 408 g/mol. The molecule has 0 atom stereocenters. The molecule has 2 heterocycles. The number of nitro groups is 1. The van der Waals surface area contributed by atoms with Crippen molar-refractivity contribution in [2.75, 3.05) is 11.4 Å². The van der Waals surface area contributed by atoms with Crippen LogP contribution in [-0.2, 0) is 25.9 Å². The number of benzene rings is 2. The number of anilines is 1. The molecule has 0 N–H and O–H groups in total. The molecule has 0 fully saturated rings. The third-order valence-electron chi connectivity index (χ3n) is 4.96. The highest BCUT2D eigenvalue weighted by atomic mass is 79.9. The largest absolute Gasteiger partial charge is 0.364 e. The lowest BCUT2D eigenvalue weighted by atomic mass is 10.1. The number of fused-ring (bicyclic) bond motifs is 1. The normalized spacial score (nSPS) is 13.4. The number of imidazole rings is 1. The molecule has 0 saturated carbocycles. The number of rotatable bonds is 5. The van der Waals surface area contributed by atoms with Crippen LogP contribution >= 0.6 is 15.9 Å². The van der Waals surface area contributed by atoms with Crippen LogP contribution in [0, 0.1) is 10.1 Å². The van der Waals surface area contributed by atoms with E-state index in [2.05, 4.69) is 54.6 Å². The summed E-state index contributed by atoms with van der Waals surface area (Å²) < 4.78 is 2.99. The molecule has 4 rings (SSSR count). The van der Waals surface area contributed by atoms with Gasteiger partial charge in [0, 0.05) is 41.8 Å². The summed E-state index contributed by atoms with van der Waals surface area (Å²) in [7, 11) is 0. The Morgan fingerprint density at radius 2 is 2.00 bits per heavy atom. The Bertz CT molecular complexity index is 971. The van der Waals surface area contributed by atoms with E-state index in [0.29, 0.717) is 6.54 Å². The summed E-state index contributed by atoms with van der Waals surface area (Å²) in [5.41, 5.74) is 4.76. The average Bonchev–Trinajstić information content (AvgIpc) is 3.09. The van der Waals surface area contributed by atoms with Gasteiger partial charge in [-0.3, -0.25) is 10.1 Å². The lowest BCUT2D eigenvalue weighted by Crippen LogP contribution is -2.31. The van der Waals surface area contributed by atoms with Crippen LogP contribution in [0.4, 0.5) is 11.4 Å². The molecule has 0 bridgehead atoms. The Morgan fingerprint density at radius 3 is 2.74 bits per heavy atom. The van der Waals surface area contributed by atoms with Crippen molar-refractivity contribution in [1.29, 1.82) is 0 Å². The molecule has 1 aliphatic heterocycles. The number of nitro benzene ring substituents is 1. The molecule has 0 amide bonds. The number of hydrogen-bond donors (Lipinski definition) is 0. The zero-order valence-electron chi connectivity index (χ0n) is 14.7. The van der Waals surface area contributed by atoms with E-state index >= 15 is 0 Å². The maximum atomic E-state index is 10.9. The molecule has 0 saturated heterocycles. The monoisotopic (exact) mass is 426 g/mol. The zero-order chi connectivity index (χ0) is 18.8. The summed E-state index contributed by atoms with van der Waals surface area (Å²) in [6, 6.07) is 15.4. The van der Waals surface area contributed by atoms with Gasteiger partial charge >= 0.3 is 0 Å². The maximum Gasteiger partial charge on any atom is 0.270 e. The summed E-state index contributed by atoms with van der Waals surface area (Å²) in [5, 5.41) is 10.9.